The van der Waals surface area contributed by atoms with Gasteiger partial charge in [-0.2, -0.15) is 0 Å². The lowest BCUT2D eigenvalue weighted by Gasteiger charge is -2.17. The predicted molar refractivity (Wildman–Crippen MR) is 54.7 cm³/mol. The lowest BCUT2D eigenvalue weighted by atomic mass is 9.99. The van der Waals surface area contributed by atoms with Gasteiger partial charge in [-0.3, -0.25) is 0 Å². The normalized spacial score (nSPS) is 12.8. The summed E-state index contributed by atoms with van der Waals surface area (Å²) in [6.07, 6.45) is 0.765. The molecule has 0 bridgehead atoms. The summed E-state index contributed by atoms with van der Waals surface area (Å²) in [7, 11) is 1.92. The second-order valence-electron chi connectivity index (χ2n) is 3.21. The molecule has 0 saturated carbocycles. The summed E-state index contributed by atoms with van der Waals surface area (Å²) in [4.78, 5) is 0. The summed E-state index contributed by atoms with van der Waals surface area (Å²) in [5.74, 6) is 0. The Bertz CT molecular complexity index is 260. The van der Waals surface area contributed by atoms with E-state index in [0.717, 1.165) is 6.42 Å². The van der Waals surface area contributed by atoms with Crippen molar-refractivity contribution in [1.82, 2.24) is 5.32 Å². The van der Waals surface area contributed by atoms with Gasteiger partial charge in [-0.15, -0.1) is 0 Å². The van der Waals surface area contributed by atoms with Crippen LogP contribution >= 0.6 is 0 Å². The van der Waals surface area contributed by atoms with Gasteiger partial charge in [0.1, 0.15) is 0 Å². The topological polar surface area (TPSA) is 32.3 Å². The molecule has 0 spiro atoms. The third-order valence-corrected chi connectivity index (χ3v) is 2.33. The molecule has 2 heteroatoms. The molecule has 2 N–H and O–H groups in total. The average molecular weight is 179 g/mol. The zero-order chi connectivity index (χ0) is 9.68. The number of hydrogen-bond donors (Lipinski definition) is 2. The van der Waals surface area contributed by atoms with Crippen molar-refractivity contribution in [3.63, 3.8) is 0 Å². The molecular weight excluding hydrogens is 162 g/mol. The molecule has 0 saturated heterocycles. The van der Waals surface area contributed by atoms with E-state index in [1.165, 1.54) is 11.1 Å². The first-order valence-electron chi connectivity index (χ1n) is 4.63. The maximum Gasteiger partial charge on any atom is 0.0449 e. The van der Waals surface area contributed by atoms with Gasteiger partial charge in [0.05, 0.1) is 0 Å². The zero-order valence-electron chi connectivity index (χ0n) is 8.25. The lowest BCUT2D eigenvalue weighted by molar-refractivity contribution is 0.268. The molecule has 0 amide bonds. The highest BCUT2D eigenvalue weighted by molar-refractivity contribution is 5.28. The van der Waals surface area contributed by atoms with Crippen LogP contribution in [0.5, 0.6) is 0 Å². The molecule has 72 valence electrons. The van der Waals surface area contributed by atoms with Crippen LogP contribution in [0, 0.1) is 6.92 Å². The second kappa shape index (κ2) is 5.00. The van der Waals surface area contributed by atoms with Crippen molar-refractivity contribution in [2.45, 2.75) is 19.4 Å². The average Bonchev–Trinajstić information content (AvgIpc) is 2.16. The van der Waals surface area contributed by atoms with Crippen LogP contribution in [-0.4, -0.2) is 18.8 Å². The molecular formula is C11H17NO. The molecule has 0 radical (unpaired) electrons. The minimum Gasteiger partial charge on any atom is -0.396 e. The summed E-state index contributed by atoms with van der Waals surface area (Å²) >= 11 is 0. The van der Waals surface area contributed by atoms with E-state index in [4.69, 9.17) is 5.11 Å². The molecule has 1 unspecified atom stereocenters. The van der Waals surface area contributed by atoms with Gasteiger partial charge in [-0.05, 0) is 31.5 Å². The van der Waals surface area contributed by atoms with E-state index in [-0.39, 0.29) is 12.6 Å². The fraction of sp³-hybridized carbons (Fsp3) is 0.455. The van der Waals surface area contributed by atoms with Crippen molar-refractivity contribution in [3.05, 3.63) is 35.4 Å². The van der Waals surface area contributed by atoms with E-state index in [1.54, 1.807) is 0 Å². The number of benzene rings is 1. The van der Waals surface area contributed by atoms with Crippen molar-refractivity contribution in [1.29, 1.82) is 0 Å². The van der Waals surface area contributed by atoms with E-state index in [9.17, 15) is 0 Å². The Labute approximate surface area is 79.6 Å². The molecule has 2 nitrogen and oxygen atoms in total. The molecule has 0 heterocycles. The van der Waals surface area contributed by atoms with Gasteiger partial charge in [0.2, 0.25) is 0 Å². The van der Waals surface area contributed by atoms with Crippen molar-refractivity contribution >= 4 is 0 Å². The van der Waals surface area contributed by atoms with Crippen LogP contribution in [0.2, 0.25) is 0 Å². The quantitative estimate of drug-likeness (QED) is 0.736. The van der Waals surface area contributed by atoms with Gasteiger partial charge in [0.15, 0.2) is 0 Å². The van der Waals surface area contributed by atoms with Gasteiger partial charge < -0.3 is 10.4 Å². The highest BCUT2D eigenvalue weighted by Crippen LogP contribution is 2.19. The van der Waals surface area contributed by atoms with Gasteiger partial charge in [0, 0.05) is 12.6 Å². The monoisotopic (exact) mass is 179 g/mol. The number of aliphatic hydroxyl groups is 1. The molecule has 13 heavy (non-hydrogen) atoms. The van der Waals surface area contributed by atoms with E-state index in [1.807, 2.05) is 19.2 Å². The SMILES string of the molecule is CNC(CCO)c1ccccc1C. The molecule has 1 aromatic carbocycles. The van der Waals surface area contributed by atoms with Gasteiger partial charge in [-0.1, -0.05) is 24.3 Å². The largest absolute Gasteiger partial charge is 0.396 e. The van der Waals surface area contributed by atoms with Crippen molar-refractivity contribution in [2.24, 2.45) is 0 Å². The Morgan fingerprint density at radius 1 is 1.38 bits per heavy atom. The van der Waals surface area contributed by atoms with E-state index < -0.39 is 0 Å². The highest BCUT2D eigenvalue weighted by Gasteiger charge is 2.09. The Balaban J connectivity index is 2.84. The minimum atomic E-state index is 0.222. The Morgan fingerprint density at radius 3 is 2.62 bits per heavy atom. The fourth-order valence-corrected chi connectivity index (χ4v) is 1.56. The predicted octanol–water partition coefficient (Wildman–Crippen LogP) is 1.64. The van der Waals surface area contributed by atoms with Crippen molar-refractivity contribution < 1.29 is 5.11 Å². The fourth-order valence-electron chi connectivity index (χ4n) is 1.56. The number of aliphatic hydroxyl groups excluding tert-OH is 1. The molecule has 0 aliphatic rings. The van der Waals surface area contributed by atoms with Crippen LogP contribution in [0.25, 0.3) is 0 Å². The first-order valence-corrected chi connectivity index (χ1v) is 4.63. The number of aryl methyl sites for hydroxylation is 1. The Hall–Kier alpha value is -0.860. The summed E-state index contributed by atoms with van der Waals surface area (Å²) < 4.78 is 0. The van der Waals surface area contributed by atoms with E-state index >= 15 is 0 Å². The van der Waals surface area contributed by atoms with Gasteiger partial charge in [-0.25, -0.2) is 0 Å². The summed E-state index contributed by atoms with van der Waals surface area (Å²) in [5.41, 5.74) is 2.55. The van der Waals surface area contributed by atoms with Crippen LogP contribution < -0.4 is 5.32 Å². The van der Waals surface area contributed by atoms with Crippen LogP contribution in [0.15, 0.2) is 24.3 Å². The second-order valence-corrected chi connectivity index (χ2v) is 3.21. The number of rotatable bonds is 4. The van der Waals surface area contributed by atoms with Crippen LogP contribution in [0.3, 0.4) is 0 Å². The molecule has 1 aromatic rings. The first-order chi connectivity index (χ1) is 6.29. The van der Waals surface area contributed by atoms with Gasteiger partial charge in [0.25, 0.3) is 0 Å². The Morgan fingerprint density at radius 2 is 2.08 bits per heavy atom. The van der Waals surface area contributed by atoms with Crippen LogP contribution in [0.1, 0.15) is 23.6 Å². The number of hydrogen-bond acceptors (Lipinski definition) is 2. The Kier molecular flexibility index (Phi) is 3.93. The van der Waals surface area contributed by atoms with Crippen molar-refractivity contribution in [2.75, 3.05) is 13.7 Å². The third-order valence-electron chi connectivity index (χ3n) is 2.33. The molecule has 0 fully saturated rings. The lowest BCUT2D eigenvalue weighted by Crippen LogP contribution is -2.18. The van der Waals surface area contributed by atoms with E-state index in [2.05, 4.69) is 24.4 Å². The van der Waals surface area contributed by atoms with E-state index in [0.29, 0.717) is 0 Å². The minimum absolute atomic E-state index is 0.222. The third kappa shape index (κ3) is 2.54. The molecule has 0 aliphatic heterocycles. The molecule has 0 aliphatic carbocycles. The summed E-state index contributed by atoms with van der Waals surface area (Å²) in [6.45, 7) is 2.32. The first kappa shape index (κ1) is 10.2. The van der Waals surface area contributed by atoms with Crippen molar-refractivity contribution in [3.8, 4) is 0 Å². The summed E-state index contributed by atoms with van der Waals surface area (Å²) in [5, 5.41) is 12.1. The molecule has 1 rings (SSSR count). The maximum absolute atomic E-state index is 8.88. The highest BCUT2D eigenvalue weighted by atomic mass is 16.3. The number of nitrogens with one attached hydrogen (secondary N) is 1. The smallest absolute Gasteiger partial charge is 0.0449 e. The zero-order valence-corrected chi connectivity index (χ0v) is 8.25. The van der Waals surface area contributed by atoms with Gasteiger partial charge >= 0.3 is 0 Å². The maximum atomic E-state index is 8.88. The standard InChI is InChI=1S/C11H17NO/c1-9-5-3-4-6-10(9)11(12-2)7-8-13/h3-6,11-13H,7-8H2,1-2H3. The molecule has 1 atom stereocenters. The molecule has 0 aromatic heterocycles. The summed E-state index contributed by atoms with van der Waals surface area (Å²) in [6, 6.07) is 8.53. The van der Waals surface area contributed by atoms with Crippen LogP contribution in [-0.2, 0) is 0 Å². The van der Waals surface area contributed by atoms with Crippen LogP contribution in [0.4, 0.5) is 0 Å².